The Balaban J connectivity index is 1.09. The first-order valence-corrected chi connectivity index (χ1v) is 18.4. The highest BCUT2D eigenvalue weighted by Gasteiger charge is 2.42. The highest BCUT2D eigenvalue weighted by atomic mass is 19.1. The molecule has 0 saturated heterocycles. The molecule has 0 saturated carbocycles. The molecule has 0 amide bonds. The van der Waals surface area contributed by atoms with Crippen LogP contribution >= 0.6 is 0 Å². The van der Waals surface area contributed by atoms with Crippen LogP contribution in [0.4, 0.5) is 21.5 Å². The first kappa shape index (κ1) is 30.4. The number of rotatable bonds is 3. The van der Waals surface area contributed by atoms with E-state index in [9.17, 15) is 0 Å². The molecular weight excluding hydrogens is 650 g/mol. The van der Waals surface area contributed by atoms with E-state index >= 15 is 4.39 Å². The van der Waals surface area contributed by atoms with Crippen molar-refractivity contribution in [3.05, 3.63) is 174 Å². The number of hydrogen-bond acceptors (Lipinski definition) is 2. The normalized spacial score (nSPS) is 14.8. The number of halogens is 1. The number of fused-ring (bicyclic) bond motifs is 11. The van der Waals surface area contributed by atoms with Gasteiger partial charge in [0.1, 0.15) is 11.4 Å². The van der Waals surface area contributed by atoms with Gasteiger partial charge in [0.15, 0.2) is 5.58 Å². The Hall–Kier alpha value is -6.19. The first-order chi connectivity index (χ1) is 25.7. The van der Waals surface area contributed by atoms with E-state index in [0.717, 1.165) is 44.1 Å². The van der Waals surface area contributed by atoms with Crippen LogP contribution in [-0.2, 0) is 10.8 Å². The maximum absolute atomic E-state index is 15.8. The van der Waals surface area contributed by atoms with Crippen LogP contribution in [0.15, 0.2) is 150 Å². The van der Waals surface area contributed by atoms with E-state index in [1.807, 2.05) is 47.4 Å². The fourth-order valence-electron chi connectivity index (χ4n) is 9.46. The molecule has 2 nitrogen and oxygen atoms in total. The zero-order valence-electron chi connectivity index (χ0n) is 30.1. The summed E-state index contributed by atoms with van der Waals surface area (Å²) in [5.41, 5.74) is 14.1. The molecule has 0 unspecified atom stereocenters. The van der Waals surface area contributed by atoms with Crippen LogP contribution in [0.5, 0.6) is 0 Å². The van der Waals surface area contributed by atoms with Crippen molar-refractivity contribution in [2.75, 3.05) is 4.90 Å². The molecule has 254 valence electrons. The molecule has 3 heteroatoms. The molecule has 0 bridgehead atoms. The van der Waals surface area contributed by atoms with Gasteiger partial charge in [-0.25, -0.2) is 4.39 Å². The smallest absolute Gasteiger partial charge is 0.159 e. The van der Waals surface area contributed by atoms with Crippen molar-refractivity contribution in [2.45, 2.75) is 38.5 Å². The Morgan fingerprint density at radius 3 is 1.70 bits per heavy atom. The second-order valence-corrected chi connectivity index (χ2v) is 15.9. The van der Waals surface area contributed by atoms with Crippen LogP contribution in [0.2, 0.25) is 0 Å². The lowest BCUT2D eigenvalue weighted by Gasteiger charge is -2.26. The average molecular weight is 686 g/mol. The van der Waals surface area contributed by atoms with Crippen molar-refractivity contribution >= 4 is 60.5 Å². The predicted molar refractivity (Wildman–Crippen MR) is 219 cm³/mol. The molecule has 8 aromatic carbocycles. The van der Waals surface area contributed by atoms with Crippen LogP contribution in [0.1, 0.15) is 49.9 Å². The minimum absolute atomic E-state index is 0.110. The Morgan fingerprint density at radius 1 is 0.453 bits per heavy atom. The van der Waals surface area contributed by atoms with Crippen molar-refractivity contribution in [3.8, 4) is 22.3 Å². The highest BCUT2D eigenvalue weighted by Crippen LogP contribution is 2.57. The summed E-state index contributed by atoms with van der Waals surface area (Å²) in [6.45, 7) is 9.45. The summed E-state index contributed by atoms with van der Waals surface area (Å²) in [7, 11) is 0. The van der Waals surface area contributed by atoms with Gasteiger partial charge in [0, 0.05) is 27.3 Å². The SMILES string of the molecule is CC1(C)c2cc3c(cc2-c2cc4ccccc4cc21)C(C)(C)c1cc2cc(N(c4ccccc4F)c4cccc5c4oc4ccccc45)ccc2cc1-3. The van der Waals surface area contributed by atoms with Crippen LogP contribution in [0.25, 0.3) is 65.7 Å². The number of benzene rings is 8. The van der Waals surface area contributed by atoms with Gasteiger partial charge >= 0.3 is 0 Å². The molecule has 0 atom stereocenters. The second-order valence-electron chi connectivity index (χ2n) is 15.9. The van der Waals surface area contributed by atoms with Crippen molar-refractivity contribution < 1.29 is 8.81 Å². The topological polar surface area (TPSA) is 16.4 Å². The molecule has 11 rings (SSSR count). The van der Waals surface area contributed by atoms with E-state index < -0.39 is 0 Å². The van der Waals surface area contributed by atoms with Gasteiger partial charge in [-0.3, -0.25) is 0 Å². The molecule has 0 fully saturated rings. The maximum atomic E-state index is 15.8. The molecule has 53 heavy (non-hydrogen) atoms. The van der Waals surface area contributed by atoms with Gasteiger partial charge in [-0.1, -0.05) is 100 Å². The zero-order valence-corrected chi connectivity index (χ0v) is 30.1. The minimum atomic E-state index is -0.295. The fraction of sp³-hybridized carbons (Fsp3) is 0.120. The highest BCUT2D eigenvalue weighted by molar-refractivity contribution is 6.10. The molecule has 9 aromatic rings. The third-order valence-corrected chi connectivity index (χ3v) is 12.3. The average Bonchev–Trinajstić information content (AvgIpc) is 3.73. The number of furan rings is 1. The lowest BCUT2D eigenvalue weighted by Crippen LogP contribution is -2.17. The predicted octanol–water partition coefficient (Wildman–Crippen LogP) is 14.1. The monoisotopic (exact) mass is 685 g/mol. The Kier molecular flexibility index (Phi) is 6.00. The molecule has 1 aromatic heterocycles. The Morgan fingerprint density at radius 2 is 0.981 bits per heavy atom. The van der Waals surface area contributed by atoms with Gasteiger partial charge in [-0.05, 0) is 139 Å². The second kappa shape index (κ2) is 10.5. The molecular formula is C50H36FNO. The van der Waals surface area contributed by atoms with Gasteiger partial charge in [-0.2, -0.15) is 0 Å². The largest absolute Gasteiger partial charge is 0.454 e. The summed E-state index contributed by atoms with van der Waals surface area (Å²) >= 11 is 0. The van der Waals surface area contributed by atoms with Crippen LogP contribution < -0.4 is 4.90 Å². The quantitative estimate of drug-likeness (QED) is 0.184. The third kappa shape index (κ3) is 4.14. The summed E-state index contributed by atoms with van der Waals surface area (Å²) in [5, 5.41) is 6.88. The van der Waals surface area contributed by atoms with E-state index in [1.54, 1.807) is 6.07 Å². The molecule has 1 heterocycles. The van der Waals surface area contributed by atoms with Crippen molar-refractivity contribution in [3.63, 3.8) is 0 Å². The Bertz CT molecular complexity index is 3040. The molecule has 2 aliphatic carbocycles. The fourth-order valence-corrected chi connectivity index (χ4v) is 9.46. The van der Waals surface area contributed by atoms with E-state index in [-0.39, 0.29) is 16.6 Å². The first-order valence-electron chi connectivity index (χ1n) is 18.4. The van der Waals surface area contributed by atoms with Gasteiger partial charge < -0.3 is 9.32 Å². The van der Waals surface area contributed by atoms with Crippen LogP contribution in [-0.4, -0.2) is 0 Å². The summed E-state index contributed by atoms with van der Waals surface area (Å²) in [6.07, 6.45) is 0. The molecule has 0 N–H and O–H groups in total. The lowest BCUT2D eigenvalue weighted by molar-refractivity contribution is 0.628. The number of para-hydroxylation sites is 3. The van der Waals surface area contributed by atoms with Gasteiger partial charge in [0.2, 0.25) is 0 Å². The van der Waals surface area contributed by atoms with E-state index in [0.29, 0.717) is 5.69 Å². The Labute approximate surface area is 307 Å². The van der Waals surface area contributed by atoms with Gasteiger partial charge in [-0.15, -0.1) is 0 Å². The van der Waals surface area contributed by atoms with E-state index in [1.165, 1.54) is 61.3 Å². The number of anilines is 3. The third-order valence-electron chi connectivity index (χ3n) is 12.3. The van der Waals surface area contributed by atoms with Crippen LogP contribution in [0, 0.1) is 5.82 Å². The van der Waals surface area contributed by atoms with E-state index in [4.69, 9.17) is 4.42 Å². The summed E-state index contributed by atoms with van der Waals surface area (Å²) in [4.78, 5) is 2.00. The molecule has 0 aliphatic heterocycles. The number of hydrogen-bond donors (Lipinski definition) is 0. The minimum Gasteiger partial charge on any atom is -0.454 e. The molecule has 2 aliphatic rings. The summed E-state index contributed by atoms with van der Waals surface area (Å²) in [6, 6.07) is 50.9. The van der Waals surface area contributed by atoms with Gasteiger partial charge in [0.05, 0.1) is 11.4 Å². The maximum Gasteiger partial charge on any atom is 0.159 e. The molecule has 0 radical (unpaired) electrons. The number of nitrogens with zero attached hydrogens (tertiary/aromatic N) is 1. The molecule has 0 spiro atoms. The summed E-state index contributed by atoms with van der Waals surface area (Å²) < 4.78 is 22.3. The van der Waals surface area contributed by atoms with Crippen molar-refractivity contribution in [1.29, 1.82) is 0 Å². The summed E-state index contributed by atoms with van der Waals surface area (Å²) in [5.74, 6) is -0.295. The zero-order chi connectivity index (χ0) is 35.8. The van der Waals surface area contributed by atoms with E-state index in [2.05, 4.69) is 119 Å². The standard InChI is InChI=1S/C50H36FNO/c1-49(2)40-25-30-13-6-5-12-29(30)23-36(40)38-27-43-39(28-42(38)49)37-24-31-20-21-33(22-32(31)26-41(37)50(43,3)4)52(45-17-9-8-16-44(45)51)46-18-11-15-35-34-14-7-10-19-47(34)53-48(35)46/h5-28H,1-4H3. The van der Waals surface area contributed by atoms with Crippen molar-refractivity contribution in [2.24, 2.45) is 0 Å². The lowest BCUT2D eigenvalue weighted by atomic mass is 9.79. The van der Waals surface area contributed by atoms with Gasteiger partial charge in [0.25, 0.3) is 0 Å². The van der Waals surface area contributed by atoms with Crippen LogP contribution in [0.3, 0.4) is 0 Å². The van der Waals surface area contributed by atoms with Crippen molar-refractivity contribution in [1.82, 2.24) is 0 Å².